The molecule has 0 aliphatic carbocycles. The predicted molar refractivity (Wildman–Crippen MR) is 81.7 cm³/mol. The van der Waals surface area contributed by atoms with Crippen molar-refractivity contribution >= 4 is 59.1 Å². The van der Waals surface area contributed by atoms with Crippen molar-refractivity contribution in [3.63, 3.8) is 0 Å². The largest absolute Gasteiger partial charge is 0.143 e. The van der Waals surface area contributed by atoms with Crippen molar-refractivity contribution in [2.24, 2.45) is 0 Å². The molecule has 1 aromatic heterocycles. The van der Waals surface area contributed by atoms with Crippen LogP contribution in [0.1, 0.15) is 20.1 Å². The lowest BCUT2D eigenvalue weighted by molar-refractivity contribution is 1.22. The first-order valence-electron chi connectivity index (χ1n) is 4.73. The van der Waals surface area contributed by atoms with E-state index in [0.29, 0.717) is 0 Å². The van der Waals surface area contributed by atoms with Crippen LogP contribution in [0, 0.1) is 6.92 Å². The summed E-state index contributed by atoms with van der Waals surface area (Å²) >= 11 is 12.6. The summed E-state index contributed by atoms with van der Waals surface area (Å²) in [5.41, 5.74) is 1.27. The first-order valence-corrected chi connectivity index (χ1v) is 8.05. The smallest absolute Gasteiger partial charge is 0.0738 e. The Kier molecular flexibility index (Phi) is 4.27. The Morgan fingerprint density at radius 3 is 2.50 bits per heavy atom. The van der Waals surface area contributed by atoms with Crippen LogP contribution in [0.4, 0.5) is 0 Å². The van der Waals surface area contributed by atoms with Gasteiger partial charge in [-0.3, -0.25) is 0 Å². The molecular formula is C12H9Br3S. The molecule has 0 spiro atoms. The Labute approximate surface area is 124 Å². The summed E-state index contributed by atoms with van der Waals surface area (Å²) in [6, 6.07) is 10.6. The molecule has 0 aliphatic rings. The fourth-order valence-corrected chi connectivity index (χ4v) is 4.12. The van der Waals surface area contributed by atoms with Crippen molar-refractivity contribution < 1.29 is 0 Å². The van der Waals surface area contributed by atoms with Crippen molar-refractivity contribution in [3.05, 3.63) is 54.6 Å². The number of aryl methyl sites for hydroxylation is 1. The van der Waals surface area contributed by atoms with Crippen LogP contribution in [-0.2, 0) is 0 Å². The summed E-state index contributed by atoms with van der Waals surface area (Å²) in [6.45, 7) is 2.12. The summed E-state index contributed by atoms with van der Waals surface area (Å²) in [5, 5.41) is 0. The van der Waals surface area contributed by atoms with Crippen LogP contribution in [0.2, 0.25) is 0 Å². The molecule has 2 aromatic rings. The molecule has 0 nitrogen and oxygen atoms in total. The monoisotopic (exact) mass is 422 g/mol. The number of rotatable bonds is 2. The van der Waals surface area contributed by atoms with Crippen LogP contribution in [0.3, 0.4) is 0 Å². The summed E-state index contributed by atoms with van der Waals surface area (Å²) < 4.78 is 2.30. The molecule has 0 amide bonds. The fourth-order valence-electron chi connectivity index (χ4n) is 1.43. The number of thiophene rings is 1. The number of hydrogen-bond donors (Lipinski definition) is 0. The number of benzene rings is 1. The Morgan fingerprint density at radius 1 is 1.19 bits per heavy atom. The molecule has 1 unspecified atom stereocenters. The van der Waals surface area contributed by atoms with E-state index < -0.39 is 0 Å². The van der Waals surface area contributed by atoms with Crippen molar-refractivity contribution in [2.75, 3.05) is 0 Å². The summed E-state index contributed by atoms with van der Waals surface area (Å²) in [5.74, 6) is 0. The molecule has 0 fully saturated rings. The highest BCUT2D eigenvalue weighted by atomic mass is 79.9. The van der Waals surface area contributed by atoms with Crippen LogP contribution >= 0.6 is 59.1 Å². The maximum Gasteiger partial charge on any atom is 0.0738 e. The Hall–Kier alpha value is 0.360. The van der Waals surface area contributed by atoms with E-state index in [1.807, 2.05) is 17.4 Å². The van der Waals surface area contributed by atoms with Gasteiger partial charge < -0.3 is 0 Å². The third-order valence-electron chi connectivity index (χ3n) is 2.27. The summed E-state index contributed by atoms with van der Waals surface area (Å²) in [7, 11) is 0. The molecular weight excluding hydrogens is 416 g/mol. The van der Waals surface area contributed by atoms with Crippen LogP contribution in [0.5, 0.6) is 0 Å². The minimum Gasteiger partial charge on any atom is -0.143 e. The van der Waals surface area contributed by atoms with Gasteiger partial charge >= 0.3 is 0 Å². The molecule has 2 rings (SSSR count). The Bertz CT molecular complexity index is 485. The fraction of sp³-hybridized carbons (Fsp3) is 0.167. The average molecular weight is 425 g/mol. The van der Waals surface area contributed by atoms with E-state index in [0.717, 1.165) is 4.47 Å². The molecule has 1 heterocycles. The van der Waals surface area contributed by atoms with Gasteiger partial charge in [-0.25, -0.2) is 0 Å². The lowest BCUT2D eigenvalue weighted by Crippen LogP contribution is -1.88. The van der Waals surface area contributed by atoms with Crippen LogP contribution < -0.4 is 0 Å². The second kappa shape index (κ2) is 5.34. The molecule has 0 N–H and O–H groups in total. The van der Waals surface area contributed by atoms with Gasteiger partial charge in [-0.1, -0.05) is 44.0 Å². The van der Waals surface area contributed by atoms with Gasteiger partial charge in [0.2, 0.25) is 0 Å². The highest BCUT2D eigenvalue weighted by Gasteiger charge is 2.14. The second-order valence-corrected chi connectivity index (χ2v) is 7.44. The standard InChI is InChI=1S/C12H9Br3S/c1-7-10(14)6-11(16-7)12(15)8-3-2-4-9(13)5-8/h2-6,12H,1H3. The maximum atomic E-state index is 3.74. The Morgan fingerprint density at radius 2 is 1.94 bits per heavy atom. The molecule has 4 heteroatoms. The average Bonchev–Trinajstić information content (AvgIpc) is 2.58. The molecule has 0 radical (unpaired) electrons. The van der Waals surface area contributed by atoms with Crippen LogP contribution in [0.25, 0.3) is 0 Å². The van der Waals surface area contributed by atoms with Gasteiger partial charge in [0.1, 0.15) is 0 Å². The second-order valence-electron chi connectivity index (χ2n) is 3.47. The minimum absolute atomic E-state index is 0.264. The number of alkyl halides is 1. The molecule has 16 heavy (non-hydrogen) atoms. The van der Waals surface area contributed by atoms with E-state index in [2.05, 4.69) is 79.0 Å². The van der Waals surface area contributed by atoms with Crippen molar-refractivity contribution in [3.8, 4) is 0 Å². The first-order chi connectivity index (χ1) is 7.58. The van der Waals surface area contributed by atoms with E-state index in [9.17, 15) is 0 Å². The first kappa shape index (κ1) is 12.8. The third-order valence-corrected chi connectivity index (χ3v) is 6.29. The maximum absolute atomic E-state index is 3.74. The molecule has 1 aromatic carbocycles. The van der Waals surface area contributed by atoms with Gasteiger partial charge in [0.25, 0.3) is 0 Å². The Balaban J connectivity index is 2.35. The number of hydrogen-bond acceptors (Lipinski definition) is 1. The van der Waals surface area contributed by atoms with E-state index in [1.54, 1.807) is 0 Å². The molecule has 0 saturated heterocycles. The molecule has 84 valence electrons. The zero-order valence-corrected chi connectivity index (χ0v) is 14.1. The SMILES string of the molecule is Cc1sc(C(Br)c2cccc(Br)c2)cc1Br. The van der Waals surface area contributed by atoms with Crippen LogP contribution in [0.15, 0.2) is 39.3 Å². The lowest BCUT2D eigenvalue weighted by atomic mass is 10.1. The molecule has 0 aliphatic heterocycles. The summed E-state index contributed by atoms with van der Waals surface area (Å²) in [4.78, 5) is 2.90. The van der Waals surface area contributed by atoms with Crippen molar-refractivity contribution in [1.82, 2.24) is 0 Å². The molecule has 1 atom stereocenters. The third kappa shape index (κ3) is 2.78. The van der Waals surface area contributed by atoms with Gasteiger partial charge in [-0.15, -0.1) is 11.3 Å². The normalized spacial score (nSPS) is 12.8. The predicted octanol–water partition coefficient (Wildman–Crippen LogP) is 6.07. The quantitative estimate of drug-likeness (QED) is 0.513. The molecule has 0 bridgehead atoms. The lowest BCUT2D eigenvalue weighted by Gasteiger charge is -2.08. The number of halogens is 3. The van der Waals surface area contributed by atoms with Gasteiger partial charge in [0, 0.05) is 18.7 Å². The van der Waals surface area contributed by atoms with Gasteiger partial charge in [0.05, 0.1) is 4.83 Å². The van der Waals surface area contributed by atoms with Gasteiger partial charge in [-0.2, -0.15) is 0 Å². The van der Waals surface area contributed by atoms with Crippen LogP contribution in [-0.4, -0.2) is 0 Å². The highest BCUT2D eigenvalue weighted by Crippen LogP contribution is 2.39. The zero-order chi connectivity index (χ0) is 11.7. The van der Waals surface area contributed by atoms with Crippen molar-refractivity contribution in [1.29, 1.82) is 0 Å². The van der Waals surface area contributed by atoms with Gasteiger partial charge in [0.15, 0.2) is 0 Å². The topological polar surface area (TPSA) is 0 Å². The summed E-state index contributed by atoms with van der Waals surface area (Å²) in [6.07, 6.45) is 0. The zero-order valence-electron chi connectivity index (χ0n) is 8.51. The van der Waals surface area contributed by atoms with Crippen molar-refractivity contribution in [2.45, 2.75) is 11.8 Å². The van der Waals surface area contributed by atoms with E-state index in [1.165, 1.54) is 19.8 Å². The highest BCUT2D eigenvalue weighted by molar-refractivity contribution is 9.11. The van der Waals surface area contributed by atoms with Gasteiger partial charge in [-0.05, 0) is 46.6 Å². The van der Waals surface area contributed by atoms with E-state index in [-0.39, 0.29) is 4.83 Å². The van der Waals surface area contributed by atoms with E-state index >= 15 is 0 Å². The minimum atomic E-state index is 0.264. The molecule has 0 saturated carbocycles. The van der Waals surface area contributed by atoms with E-state index in [4.69, 9.17) is 0 Å².